The summed E-state index contributed by atoms with van der Waals surface area (Å²) in [6.07, 6.45) is 3.27. The second-order valence-electron chi connectivity index (χ2n) is 6.04. The number of pyridine rings is 1. The maximum Gasteiger partial charge on any atom is 0.130 e. The van der Waals surface area contributed by atoms with Crippen LogP contribution in [0.25, 0.3) is 0 Å². The third-order valence-corrected chi connectivity index (χ3v) is 5.99. The molecule has 0 aliphatic carbocycles. The summed E-state index contributed by atoms with van der Waals surface area (Å²) >= 11 is 13.9. The Morgan fingerprint density at radius 3 is 2.92 bits per heavy atom. The van der Waals surface area contributed by atoms with Gasteiger partial charge in [-0.05, 0) is 43.7 Å². The van der Waals surface area contributed by atoms with Crippen molar-refractivity contribution in [3.8, 4) is 0 Å². The van der Waals surface area contributed by atoms with Gasteiger partial charge >= 0.3 is 0 Å². The predicted octanol–water partition coefficient (Wildman–Crippen LogP) is 4.10. The number of fused-ring (bicyclic) bond motifs is 2. The van der Waals surface area contributed by atoms with Gasteiger partial charge in [0, 0.05) is 21.4 Å². The quantitative estimate of drug-likeness (QED) is 0.728. The SMILES string of the molecule is O[C@H]1CNCCC[C@@H]1N1c2ccc(Cl)cc2Sc2cc(Cl)ncc21. The Kier molecular flexibility index (Phi) is 4.62. The molecule has 1 aromatic carbocycles. The highest BCUT2D eigenvalue weighted by Crippen LogP contribution is 2.50. The summed E-state index contributed by atoms with van der Waals surface area (Å²) in [5, 5.41) is 15.1. The molecule has 0 bridgehead atoms. The van der Waals surface area contributed by atoms with Crippen LogP contribution >= 0.6 is 35.0 Å². The summed E-state index contributed by atoms with van der Waals surface area (Å²) in [7, 11) is 0. The van der Waals surface area contributed by atoms with Crippen molar-refractivity contribution in [3.05, 3.63) is 40.6 Å². The molecular formula is C17H17Cl2N3OS. The fourth-order valence-corrected chi connectivity index (χ4v) is 4.94. The third kappa shape index (κ3) is 3.00. The largest absolute Gasteiger partial charge is 0.390 e. The Bertz CT molecular complexity index is 722. The van der Waals surface area contributed by atoms with E-state index >= 15 is 0 Å². The van der Waals surface area contributed by atoms with Crippen LogP contribution in [-0.4, -0.2) is 35.3 Å². The molecule has 2 aliphatic rings. The van der Waals surface area contributed by atoms with Crippen LogP contribution < -0.4 is 10.2 Å². The molecule has 4 rings (SSSR count). The normalized spacial score (nSPS) is 23.4. The van der Waals surface area contributed by atoms with E-state index in [0.29, 0.717) is 16.7 Å². The van der Waals surface area contributed by atoms with Crippen LogP contribution in [-0.2, 0) is 0 Å². The van der Waals surface area contributed by atoms with Gasteiger partial charge in [-0.3, -0.25) is 0 Å². The molecule has 1 fully saturated rings. The fourth-order valence-electron chi connectivity index (χ4n) is 3.36. The zero-order chi connectivity index (χ0) is 16.7. The van der Waals surface area contributed by atoms with E-state index in [4.69, 9.17) is 23.2 Å². The molecule has 4 nitrogen and oxygen atoms in total. The highest BCUT2D eigenvalue weighted by Gasteiger charge is 2.34. The van der Waals surface area contributed by atoms with Crippen molar-refractivity contribution in [1.29, 1.82) is 0 Å². The average Bonchev–Trinajstić information content (AvgIpc) is 2.77. The summed E-state index contributed by atoms with van der Waals surface area (Å²) in [5.41, 5.74) is 2.05. The molecule has 2 N–H and O–H groups in total. The van der Waals surface area contributed by atoms with Gasteiger partial charge in [0.05, 0.1) is 29.7 Å². The van der Waals surface area contributed by atoms with Gasteiger partial charge in [-0.1, -0.05) is 35.0 Å². The number of nitrogens with one attached hydrogen (secondary N) is 1. The van der Waals surface area contributed by atoms with Crippen LogP contribution in [0.4, 0.5) is 11.4 Å². The monoisotopic (exact) mass is 381 g/mol. The highest BCUT2D eigenvalue weighted by atomic mass is 35.5. The number of halogens is 2. The van der Waals surface area contributed by atoms with Crippen LogP contribution in [0.15, 0.2) is 40.3 Å². The first-order valence-corrected chi connectivity index (χ1v) is 9.52. The van der Waals surface area contributed by atoms with Gasteiger partial charge in [-0.25, -0.2) is 4.98 Å². The Morgan fingerprint density at radius 1 is 1.21 bits per heavy atom. The summed E-state index contributed by atoms with van der Waals surface area (Å²) < 4.78 is 0. The second-order valence-corrected chi connectivity index (χ2v) is 7.95. The van der Waals surface area contributed by atoms with E-state index < -0.39 is 6.10 Å². The van der Waals surface area contributed by atoms with E-state index in [2.05, 4.69) is 15.2 Å². The molecular weight excluding hydrogens is 365 g/mol. The first-order chi connectivity index (χ1) is 11.6. The van der Waals surface area contributed by atoms with E-state index in [1.807, 2.05) is 24.3 Å². The van der Waals surface area contributed by atoms with Crippen molar-refractivity contribution in [2.45, 2.75) is 34.8 Å². The zero-order valence-corrected chi connectivity index (χ0v) is 15.2. The molecule has 0 saturated carbocycles. The van der Waals surface area contributed by atoms with Crippen LogP contribution in [0.1, 0.15) is 12.8 Å². The number of aromatic nitrogens is 1. The minimum atomic E-state index is -0.456. The lowest BCUT2D eigenvalue weighted by molar-refractivity contribution is 0.147. The number of benzene rings is 1. The van der Waals surface area contributed by atoms with Gasteiger partial charge < -0.3 is 15.3 Å². The highest BCUT2D eigenvalue weighted by molar-refractivity contribution is 7.99. The minimum absolute atomic E-state index is 0.0115. The average molecular weight is 382 g/mol. The molecule has 2 atom stereocenters. The standard InChI is InChI=1S/C17H17Cl2N3OS/c18-10-3-4-12-15(6-10)24-16-7-17(19)21-8-13(16)22(12)11-2-1-5-20-9-14(11)23/h3-4,6-8,11,14,20,23H,1-2,5,9H2/t11-,14-/m0/s1. The van der Waals surface area contributed by atoms with Gasteiger partial charge in [-0.2, -0.15) is 0 Å². The van der Waals surface area contributed by atoms with Gasteiger partial charge in [0.2, 0.25) is 0 Å². The number of hydrogen-bond acceptors (Lipinski definition) is 5. The molecule has 1 saturated heterocycles. The summed E-state index contributed by atoms with van der Waals surface area (Å²) in [6.45, 7) is 1.52. The van der Waals surface area contributed by atoms with Crippen molar-refractivity contribution in [3.63, 3.8) is 0 Å². The zero-order valence-electron chi connectivity index (χ0n) is 12.9. The number of nitrogens with zero attached hydrogens (tertiary/aromatic N) is 2. The van der Waals surface area contributed by atoms with E-state index in [1.165, 1.54) is 0 Å². The summed E-state index contributed by atoms with van der Waals surface area (Å²) in [5.74, 6) is 0. The van der Waals surface area contributed by atoms with Crippen LogP contribution in [0.2, 0.25) is 10.2 Å². The number of β-amino-alcohol motifs (C(OH)–C–C–N with tert-alkyl or cyclic N) is 1. The lowest BCUT2D eigenvalue weighted by Gasteiger charge is -2.40. The number of hydrogen-bond donors (Lipinski definition) is 2. The fraction of sp³-hybridized carbons (Fsp3) is 0.353. The molecule has 3 heterocycles. The van der Waals surface area contributed by atoms with Crippen molar-refractivity contribution in [1.82, 2.24) is 10.3 Å². The Labute approximate surface area is 155 Å². The number of aliphatic hydroxyl groups excluding tert-OH is 1. The van der Waals surface area contributed by atoms with Crippen molar-refractivity contribution in [2.24, 2.45) is 0 Å². The molecule has 7 heteroatoms. The lowest BCUT2D eigenvalue weighted by Crippen LogP contribution is -2.44. The topological polar surface area (TPSA) is 48.4 Å². The van der Waals surface area contributed by atoms with Gasteiger partial charge in [-0.15, -0.1) is 0 Å². The minimum Gasteiger partial charge on any atom is -0.390 e. The second kappa shape index (κ2) is 6.73. The van der Waals surface area contributed by atoms with E-state index in [1.54, 1.807) is 18.0 Å². The maximum atomic E-state index is 10.7. The van der Waals surface area contributed by atoms with E-state index in [-0.39, 0.29) is 6.04 Å². The van der Waals surface area contributed by atoms with Crippen molar-refractivity contribution < 1.29 is 5.11 Å². The first-order valence-electron chi connectivity index (χ1n) is 7.94. The predicted molar refractivity (Wildman–Crippen MR) is 98.9 cm³/mol. The van der Waals surface area contributed by atoms with E-state index in [9.17, 15) is 5.11 Å². The van der Waals surface area contributed by atoms with Crippen LogP contribution in [0.3, 0.4) is 0 Å². The summed E-state index contributed by atoms with van der Waals surface area (Å²) in [6, 6.07) is 7.74. The Hall–Kier alpha value is -0.980. The Balaban J connectivity index is 1.85. The molecule has 126 valence electrons. The van der Waals surface area contributed by atoms with Crippen LogP contribution in [0, 0.1) is 0 Å². The lowest BCUT2D eigenvalue weighted by atomic mass is 10.0. The van der Waals surface area contributed by atoms with Crippen molar-refractivity contribution in [2.75, 3.05) is 18.0 Å². The summed E-state index contributed by atoms with van der Waals surface area (Å²) in [4.78, 5) is 8.58. The number of anilines is 2. The number of aliphatic hydroxyl groups is 1. The molecule has 0 spiro atoms. The van der Waals surface area contributed by atoms with E-state index in [0.717, 1.165) is 40.6 Å². The smallest absolute Gasteiger partial charge is 0.130 e. The third-order valence-electron chi connectivity index (χ3n) is 4.46. The molecule has 0 amide bonds. The molecule has 0 radical (unpaired) electrons. The number of rotatable bonds is 1. The molecule has 2 aromatic rings. The molecule has 1 aromatic heterocycles. The van der Waals surface area contributed by atoms with Gasteiger partial charge in [0.15, 0.2) is 0 Å². The van der Waals surface area contributed by atoms with Gasteiger partial charge in [0.1, 0.15) is 5.15 Å². The molecule has 2 aliphatic heterocycles. The van der Waals surface area contributed by atoms with Crippen LogP contribution in [0.5, 0.6) is 0 Å². The Morgan fingerprint density at radius 2 is 2.04 bits per heavy atom. The van der Waals surface area contributed by atoms with Gasteiger partial charge in [0.25, 0.3) is 0 Å². The molecule has 0 unspecified atom stereocenters. The maximum absolute atomic E-state index is 10.7. The van der Waals surface area contributed by atoms with Crippen molar-refractivity contribution >= 4 is 46.3 Å². The first kappa shape index (κ1) is 16.5. The molecule has 24 heavy (non-hydrogen) atoms.